The molecule has 1 aromatic carbocycles. The normalized spacial score (nSPS) is 23.1. The van der Waals surface area contributed by atoms with Gasteiger partial charge in [0.1, 0.15) is 5.54 Å². The van der Waals surface area contributed by atoms with Gasteiger partial charge in [-0.1, -0.05) is 30.3 Å². The molecule has 1 N–H and O–H groups in total. The Morgan fingerprint density at radius 1 is 1.29 bits per heavy atom. The second-order valence-corrected chi connectivity index (χ2v) is 7.68. The third-order valence-electron chi connectivity index (χ3n) is 3.91. The van der Waals surface area contributed by atoms with Crippen molar-refractivity contribution in [3.05, 3.63) is 35.9 Å². The molecule has 1 aliphatic heterocycles. The van der Waals surface area contributed by atoms with Gasteiger partial charge in [-0.25, -0.2) is 0 Å². The molecule has 2 rings (SSSR count). The fraction of sp³-hybridized carbons (Fsp3) is 0.500. The first-order valence-corrected chi connectivity index (χ1v) is 8.22. The molecule has 1 aromatic rings. The van der Waals surface area contributed by atoms with Gasteiger partial charge in [-0.2, -0.15) is 11.8 Å². The number of nitrogens with zero attached hydrogens (tertiary/aromatic N) is 1. The third kappa shape index (κ3) is 3.23. The molecule has 21 heavy (non-hydrogen) atoms. The summed E-state index contributed by atoms with van der Waals surface area (Å²) >= 11 is 1.69. The molecule has 4 nitrogen and oxygen atoms in total. The Balaban J connectivity index is 2.32. The lowest BCUT2D eigenvalue weighted by Crippen LogP contribution is -2.64. The predicted octanol–water partition coefficient (Wildman–Crippen LogP) is 2.00. The van der Waals surface area contributed by atoms with Crippen molar-refractivity contribution in [3.63, 3.8) is 0 Å². The summed E-state index contributed by atoms with van der Waals surface area (Å²) in [6.07, 6.45) is 2.02. The molecule has 2 amide bonds. The average Bonchev–Trinajstić information content (AvgIpc) is 2.45. The van der Waals surface area contributed by atoms with Crippen molar-refractivity contribution in [3.8, 4) is 0 Å². The van der Waals surface area contributed by atoms with E-state index in [1.807, 2.05) is 36.6 Å². The van der Waals surface area contributed by atoms with Crippen LogP contribution in [0, 0.1) is 0 Å². The molecule has 0 spiro atoms. The van der Waals surface area contributed by atoms with E-state index < -0.39 is 5.54 Å². The van der Waals surface area contributed by atoms with Gasteiger partial charge in [-0.3, -0.25) is 9.59 Å². The van der Waals surface area contributed by atoms with Crippen LogP contribution >= 0.6 is 11.8 Å². The number of nitrogens with one attached hydrogen (secondary N) is 1. The number of thioether (sulfide) groups is 1. The number of carbonyl (C=O) groups is 2. The summed E-state index contributed by atoms with van der Waals surface area (Å²) < 4.78 is -0.0785. The molecule has 0 aliphatic carbocycles. The molecule has 1 aliphatic rings. The Labute approximate surface area is 130 Å². The van der Waals surface area contributed by atoms with Crippen molar-refractivity contribution in [2.75, 3.05) is 19.3 Å². The highest BCUT2D eigenvalue weighted by Gasteiger charge is 2.45. The lowest BCUT2D eigenvalue weighted by Gasteiger charge is -2.42. The van der Waals surface area contributed by atoms with Crippen LogP contribution in [0.5, 0.6) is 0 Å². The van der Waals surface area contributed by atoms with Crippen molar-refractivity contribution in [2.45, 2.75) is 31.1 Å². The first-order chi connectivity index (χ1) is 9.78. The number of hydrogen-bond donors (Lipinski definition) is 1. The van der Waals surface area contributed by atoms with Crippen LogP contribution in [0.2, 0.25) is 0 Å². The fourth-order valence-corrected chi connectivity index (χ4v) is 2.84. The summed E-state index contributed by atoms with van der Waals surface area (Å²) in [6, 6.07) is 9.41. The van der Waals surface area contributed by atoms with Gasteiger partial charge in [0, 0.05) is 11.3 Å². The van der Waals surface area contributed by atoms with Crippen LogP contribution in [0.15, 0.2) is 30.3 Å². The lowest BCUT2D eigenvalue weighted by molar-refractivity contribution is -0.150. The minimum absolute atomic E-state index is 0.0459. The Bertz CT molecular complexity index is 544. The highest BCUT2D eigenvalue weighted by Crippen LogP contribution is 2.29. The second kappa shape index (κ2) is 5.72. The molecule has 1 fully saturated rings. The standard InChI is InChI=1S/C16H22N2O2S/c1-15(2,21-4)11-18-10-13(19)17-16(3,14(18)20)12-8-6-5-7-9-12/h5-9H,10-11H2,1-4H3,(H,17,19). The van der Waals surface area contributed by atoms with E-state index in [1.165, 1.54) is 0 Å². The van der Waals surface area contributed by atoms with E-state index in [0.717, 1.165) is 5.56 Å². The number of hydrogen-bond acceptors (Lipinski definition) is 3. The predicted molar refractivity (Wildman–Crippen MR) is 86.1 cm³/mol. The molecule has 0 bridgehead atoms. The summed E-state index contributed by atoms with van der Waals surface area (Å²) in [6.45, 7) is 6.63. The zero-order valence-electron chi connectivity index (χ0n) is 13.0. The summed E-state index contributed by atoms with van der Waals surface area (Å²) in [5, 5.41) is 2.86. The Kier molecular flexibility index (Phi) is 4.33. The zero-order chi connectivity index (χ0) is 15.7. The summed E-state index contributed by atoms with van der Waals surface area (Å²) in [5.74, 6) is -0.159. The van der Waals surface area contributed by atoms with Gasteiger partial charge in [0.2, 0.25) is 5.91 Å². The molecule has 1 atom stereocenters. The Morgan fingerprint density at radius 2 is 1.90 bits per heavy atom. The van der Waals surface area contributed by atoms with Crippen LogP contribution < -0.4 is 5.32 Å². The molecule has 1 unspecified atom stereocenters. The van der Waals surface area contributed by atoms with Crippen LogP contribution in [0.4, 0.5) is 0 Å². The topological polar surface area (TPSA) is 49.4 Å². The number of carbonyl (C=O) groups excluding carboxylic acids is 2. The molecule has 0 aromatic heterocycles. The van der Waals surface area contributed by atoms with Crippen LogP contribution in [0.3, 0.4) is 0 Å². The first kappa shape index (κ1) is 15.9. The van der Waals surface area contributed by atoms with Gasteiger partial charge < -0.3 is 10.2 Å². The fourth-order valence-electron chi connectivity index (χ4n) is 2.55. The third-order valence-corrected chi connectivity index (χ3v) is 5.15. The number of rotatable bonds is 4. The van der Waals surface area contributed by atoms with Crippen molar-refractivity contribution >= 4 is 23.6 Å². The maximum absolute atomic E-state index is 12.9. The van der Waals surface area contributed by atoms with Gasteiger partial charge in [0.05, 0.1) is 6.54 Å². The molecule has 0 radical (unpaired) electrons. The van der Waals surface area contributed by atoms with E-state index in [2.05, 4.69) is 19.2 Å². The maximum atomic E-state index is 12.9. The molecule has 1 saturated heterocycles. The minimum Gasteiger partial charge on any atom is -0.337 e. The second-order valence-electron chi connectivity index (χ2n) is 6.16. The summed E-state index contributed by atoms with van der Waals surface area (Å²) in [4.78, 5) is 26.6. The highest BCUT2D eigenvalue weighted by atomic mass is 32.2. The van der Waals surface area contributed by atoms with E-state index in [0.29, 0.717) is 6.54 Å². The maximum Gasteiger partial charge on any atom is 0.253 e. The quantitative estimate of drug-likeness (QED) is 0.925. The van der Waals surface area contributed by atoms with Crippen molar-refractivity contribution < 1.29 is 9.59 Å². The monoisotopic (exact) mass is 306 g/mol. The summed E-state index contributed by atoms with van der Waals surface area (Å²) in [7, 11) is 0. The molecular formula is C16H22N2O2S. The number of amides is 2. The van der Waals surface area contributed by atoms with Crippen LogP contribution in [-0.4, -0.2) is 40.8 Å². The van der Waals surface area contributed by atoms with E-state index in [9.17, 15) is 9.59 Å². The van der Waals surface area contributed by atoms with Crippen molar-refractivity contribution in [2.24, 2.45) is 0 Å². The molecule has 1 heterocycles. The van der Waals surface area contributed by atoms with Gasteiger partial charge in [0.15, 0.2) is 0 Å². The van der Waals surface area contributed by atoms with E-state index in [-0.39, 0.29) is 23.1 Å². The summed E-state index contributed by atoms with van der Waals surface area (Å²) in [5.41, 5.74) is -0.166. The van der Waals surface area contributed by atoms with E-state index in [1.54, 1.807) is 23.6 Å². The minimum atomic E-state index is -0.981. The zero-order valence-corrected chi connectivity index (χ0v) is 13.8. The Hall–Kier alpha value is -1.49. The Morgan fingerprint density at radius 3 is 2.48 bits per heavy atom. The first-order valence-electron chi connectivity index (χ1n) is 6.99. The van der Waals surface area contributed by atoms with Crippen LogP contribution in [-0.2, 0) is 15.1 Å². The molecule has 0 saturated carbocycles. The van der Waals surface area contributed by atoms with E-state index in [4.69, 9.17) is 0 Å². The van der Waals surface area contributed by atoms with Crippen LogP contribution in [0.1, 0.15) is 26.3 Å². The largest absolute Gasteiger partial charge is 0.337 e. The molecular weight excluding hydrogens is 284 g/mol. The highest BCUT2D eigenvalue weighted by molar-refractivity contribution is 7.99. The van der Waals surface area contributed by atoms with E-state index >= 15 is 0 Å². The molecule has 114 valence electrons. The number of piperazine rings is 1. The smallest absolute Gasteiger partial charge is 0.253 e. The lowest BCUT2D eigenvalue weighted by atomic mass is 9.88. The average molecular weight is 306 g/mol. The van der Waals surface area contributed by atoms with Gasteiger partial charge in [0.25, 0.3) is 5.91 Å². The van der Waals surface area contributed by atoms with Gasteiger partial charge in [-0.15, -0.1) is 0 Å². The van der Waals surface area contributed by atoms with Gasteiger partial charge in [-0.05, 0) is 32.6 Å². The van der Waals surface area contributed by atoms with Crippen LogP contribution in [0.25, 0.3) is 0 Å². The van der Waals surface area contributed by atoms with Crippen molar-refractivity contribution in [1.29, 1.82) is 0 Å². The SMILES string of the molecule is CSC(C)(C)CN1CC(=O)NC(C)(c2ccccc2)C1=O. The van der Waals surface area contributed by atoms with Gasteiger partial charge >= 0.3 is 0 Å². The molecule has 5 heteroatoms. The van der Waals surface area contributed by atoms with Crippen molar-refractivity contribution in [1.82, 2.24) is 10.2 Å². The number of benzene rings is 1.